The number of benzene rings is 2. The molecule has 0 radical (unpaired) electrons. The fourth-order valence-electron chi connectivity index (χ4n) is 2.27. The van der Waals surface area contributed by atoms with E-state index in [0.29, 0.717) is 17.7 Å². The van der Waals surface area contributed by atoms with Crippen LogP contribution in [0.2, 0.25) is 0 Å². The van der Waals surface area contributed by atoms with Crippen molar-refractivity contribution in [2.45, 2.75) is 6.54 Å². The number of carbonyl (C=O) groups is 1. The molecule has 3 rings (SSSR count). The molecule has 0 saturated heterocycles. The molecule has 0 aliphatic heterocycles. The first kappa shape index (κ1) is 13.9. The van der Waals surface area contributed by atoms with Gasteiger partial charge in [-0.15, -0.1) is 0 Å². The Morgan fingerprint density at radius 1 is 1.18 bits per heavy atom. The summed E-state index contributed by atoms with van der Waals surface area (Å²) in [6.45, 7) is 0.455. The van der Waals surface area contributed by atoms with Crippen LogP contribution in [0.4, 0.5) is 10.5 Å². The summed E-state index contributed by atoms with van der Waals surface area (Å²) in [5, 5.41) is 5.54. The maximum Gasteiger partial charge on any atom is 0.326 e. The van der Waals surface area contributed by atoms with E-state index in [4.69, 9.17) is 0 Å². The molecule has 112 valence electrons. The predicted octanol–water partition coefficient (Wildman–Crippen LogP) is 2.19. The Morgan fingerprint density at radius 3 is 2.73 bits per heavy atom. The van der Waals surface area contributed by atoms with Gasteiger partial charge in [0.25, 0.3) is 0 Å². The van der Waals surface area contributed by atoms with Crippen LogP contribution >= 0.6 is 0 Å². The zero-order chi connectivity index (χ0) is 15.5. The Bertz CT molecular complexity index is 865. The Hall–Kier alpha value is -3.02. The van der Waals surface area contributed by atoms with Gasteiger partial charge in [-0.1, -0.05) is 30.3 Å². The second-order valence-corrected chi connectivity index (χ2v) is 5.01. The molecule has 6 nitrogen and oxygen atoms in total. The molecule has 1 heterocycles. The van der Waals surface area contributed by atoms with Gasteiger partial charge < -0.3 is 15.6 Å². The third kappa shape index (κ3) is 2.85. The number of hydrogen-bond acceptors (Lipinski definition) is 2. The smallest absolute Gasteiger partial charge is 0.326 e. The predicted molar refractivity (Wildman–Crippen MR) is 85.8 cm³/mol. The van der Waals surface area contributed by atoms with Crippen molar-refractivity contribution >= 4 is 22.8 Å². The zero-order valence-corrected chi connectivity index (χ0v) is 12.1. The highest BCUT2D eigenvalue weighted by molar-refractivity contribution is 5.91. The zero-order valence-electron chi connectivity index (χ0n) is 12.1. The maximum absolute atomic E-state index is 11.9. The summed E-state index contributed by atoms with van der Waals surface area (Å²) in [6.07, 6.45) is 0. The first-order valence-corrected chi connectivity index (χ1v) is 6.91. The van der Waals surface area contributed by atoms with Gasteiger partial charge >= 0.3 is 11.7 Å². The Balaban J connectivity index is 1.67. The van der Waals surface area contributed by atoms with Gasteiger partial charge in [0.05, 0.1) is 11.0 Å². The number of rotatable bonds is 3. The second-order valence-electron chi connectivity index (χ2n) is 5.01. The Labute approximate surface area is 126 Å². The number of anilines is 1. The highest BCUT2D eigenvalue weighted by Crippen LogP contribution is 2.15. The van der Waals surface area contributed by atoms with Gasteiger partial charge in [-0.2, -0.15) is 0 Å². The van der Waals surface area contributed by atoms with Crippen molar-refractivity contribution in [2.24, 2.45) is 7.05 Å². The first-order chi connectivity index (χ1) is 10.6. The number of aromatic nitrogens is 2. The maximum atomic E-state index is 11.9. The lowest BCUT2D eigenvalue weighted by atomic mass is 10.2. The summed E-state index contributed by atoms with van der Waals surface area (Å²) in [7, 11) is 1.70. The van der Waals surface area contributed by atoms with Crippen LogP contribution in [0.5, 0.6) is 0 Å². The number of carbonyl (C=O) groups excluding carboxylic acids is 1. The van der Waals surface area contributed by atoms with Crippen molar-refractivity contribution < 1.29 is 4.79 Å². The van der Waals surface area contributed by atoms with Gasteiger partial charge in [0.15, 0.2) is 0 Å². The minimum Gasteiger partial charge on any atom is -0.334 e. The molecular weight excluding hydrogens is 280 g/mol. The van der Waals surface area contributed by atoms with E-state index in [1.807, 2.05) is 30.3 Å². The number of H-pyrrole nitrogens is 1. The van der Waals surface area contributed by atoms with Crippen LogP contribution in [-0.2, 0) is 13.6 Å². The van der Waals surface area contributed by atoms with Gasteiger partial charge in [0.2, 0.25) is 0 Å². The van der Waals surface area contributed by atoms with Gasteiger partial charge in [-0.3, -0.25) is 4.57 Å². The quantitative estimate of drug-likeness (QED) is 0.692. The van der Waals surface area contributed by atoms with Crippen LogP contribution in [0.15, 0.2) is 53.3 Å². The minimum absolute atomic E-state index is 0.180. The van der Waals surface area contributed by atoms with E-state index in [0.717, 1.165) is 11.1 Å². The SMILES string of the molecule is Cn1c(=O)[nH]c2cc(NC(=O)NCc3ccccc3)ccc21. The third-order valence-corrected chi connectivity index (χ3v) is 3.46. The number of nitrogens with one attached hydrogen (secondary N) is 3. The molecule has 0 unspecified atom stereocenters. The average Bonchev–Trinajstić information content (AvgIpc) is 2.81. The molecule has 2 aromatic carbocycles. The van der Waals surface area contributed by atoms with E-state index < -0.39 is 0 Å². The fourth-order valence-corrected chi connectivity index (χ4v) is 2.27. The van der Waals surface area contributed by atoms with Crippen LogP contribution in [0.3, 0.4) is 0 Å². The van der Waals surface area contributed by atoms with Crippen molar-refractivity contribution in [3.8, 4) is 0 Å². The van der Waals surface area contributed by atoms with Crippen LogP contribution in [0, 0.1) is 0 Å². The summed E-state index contributed by atoms with van der Waals surface area (Å²) in [5.74, 6) is 0. The van der Waals surface area contributed by atoms with Gasteiger partial charge in [0.1, 0.15) is 0 Å². The third-order valence-electron chi connectivity index (χ3n) is 3.46. The van der Waals surface area contributed by atoms with Gasteiger partial charge in [-0.05, 0) is 23.8 Å². The van der Waals surface area contributed by atoms with Crippen molar-refractivity contribution in [1.82, 2.24) is 14.9 Å². The lowest BCUT2D eigenvalue weighted by molar-refractivity contribution is 0.251. The normalized spacial score (nSPS) is 10.6. The van der Waals surface area contributed by atoms with Crippen LogP contribution in [0.1, 0.15) is 5.56 Å². The molecule has 3 N–H and O–H groups in total. The summed E-state index contributed by atoms with van der Waals surface area (Å²) < 4.78 is 1.52. The summed E-state index contributed by atoms with van der Waals surface area (Å²) in [4.78, 5) is 26.2. The van der Waals surface area contributed by atoms with E-state index in [2.05, 4.69) is 15.6 Å². The standard InChI is InChI=1S/C16H16N4O2/c1-20-14-8-7-12(9-13(14)19-16(20)22)18-15(21)17-10-11-5-3-2-4-6-11/h2-9H,10H2,1H3,(H,19,22)(H2,17,18,21). The lowest BCUT2D eigenvalue weighted by Crippen LogP contribution is -2.28. The summed E-state index contributed by atoms with van der Waals surface area (Å²) in [6, 6.07) is 14.7. The van der Waals surface area contributed by atoms with E-state index in [1.165, 1.54) is 4.57 Å². The number of hydrogen-bond donors (Lipinski definition) is 3. The van der Waals surface area contributed by atoms with Crippen LogP contribution in [-0.4, -0.2) is 15.6 Å². The molecule has 2 amide bonds. The molecule has 0 aliphatic rings. The number of aryl methyl sites for hydroxylation is 1. The minimum atomic E-state index is -0.290. The van der Waals surface area contributed by atoms with E-state index in [9.17, 15) is 9.59 Å². The average molecular weight is 296 g/mol. The first-order valence-electron chi connectivity index (χ1n) is 6.91. The highest BCUT2D eigenvalue weighted by atomic mass is 16.2. The second kappa shape index (κ2) is 5.77. The topological polar surface area (TPSA) is 78.9 Å². The van der Waals surface area contributed by atoms with Crippen LogP contribution in [0.25, 0.3) is 11.0 Å². The van der Waals surface area contributed by atoms with Crippen molar-refractivity contribution in [3.63, 3.8) is 0 Å². The van der Waals surface area contributed by atoms with E-state index in [-0.39, 0.29) is 11.7 Å². The molecule has 1 aromatic heterocycles. The van der Waals surface area contributed by atoms with Gasteiger partial charge in [-0.25, -0.2) is 9.59 Å². The largest absolute Gasteiger partial charge is 0.334 e. The number of urea groups is 1. The molecule has 0 fully saturated rings. The monoisotopic (exact) mass is 296 g/mol. The molecule has 6 heteroatoms. The van der Waals surface area contributed by atoms with E-state index >= 15 is 0 Å². The van der Waals surface area contributed by atoms with Gasteiger partial charge in [0, 0.05) is 19.3 Å². The molecule has 3 aromatic rings. The molecule has 0 spiro atoms. The van der Waals surface area contributed by atoms with Crippen LogP contribution < -0.4 is 16.3 Å². The van der Waals surface area contributed by atoms with Crippen molar-refractivity contribution in [2.75, 3.05) is 5.32 Å². The van der Waals surface area contributed by atoms with E-state index in [1.54, 1.807) is 25.2 Å². The Morgan fingerprint density at radius 2 is 1.95 bits per heavy atom. The number of nitrogens with zero attached hydrogens (tertiary/aromatic N) is 1. The number of amides is 2. The number of imidazole rings is 1. The summed E-state index contributed by atoms with van der Waals surface area (Å²) >= 11 is 0. The highest BCUT2D eigenvalue weighted by Gasteiger charge is 2.06. The molecule has 0 bridgehead atoms. The number of fused-ring (bicyclic) bond motifs is 1. The lowest BCUT2D eigenvalue weighted by Gasteiger charge is -2.08. The fraction of sp³-hybridized carbons (Fsp3) is 0.125. The number of aromatic amines is 1. The Kier molecular flexibility index (Phi) is 3.65. The van der Waals surface area contributed by atoms with Crippen molar-refractivity contribution in [3.05, 3.63) is 64.6 Å². The molecule has 0 atom stereocenters. The summed E-state index contributed by atoms with van der Waals surface area (Å²) in [5.41, 5.74) is 2.95. The molecule has 22 heavy (non-hydrogen) atoms. The molecule has 0 aliphatic carbocycles. The van der Waals surface area contributed by atoms with Crippen molar-refractivity contribution in [1.29, 1.82) is 0 Å². The molecule has 0 saturated carbocycles. The molecular formula is C16H16N4O2.